The standard InChI is InChI=1S/C7H15NO.C7H7N.C4H5F3O2/c1-4-8(6-9)5-7(2)3;8-6-7-4-2-1-3-5-7;1-3(8)9-2-4(5,6)7/h6-7H,4-5H2,1-3H3;1-2,4H,3,5H2;2H2,1H3. The fourth-order valence-electron chi connectivity index (χ4n) is 1.59. The molecule has 148 valence electrons. The number of amides is 1. The van der Waals surface area contributed by atoms with Gasteiger partial charge >= 0.3 is 12.1 Å². The molecule has 1 aliphatic carbocycles. The molecule has 8 heteroatoms. The van der Waals surface area contributed by atoms with E-state index in [1.165, 1.54) is 0 Å². The van der Waals surface area contributed by atoms with Gasteiger partial charge in [0.05, 0.1) is 6.07 Å². The highest BCUT2D eigenvalue weighted by molar-refractivity contribution is 5.65. The topological polar surface area (TPSA) is 70.4 Å². The quantitative estimate of drug-likeness (QED) is 0.537. The van der Waals surface area contributed by atoms with E-state index in [0.29, 0.717) is 5.92 Å². The summed E-state index contributed by atoms with van der Waals surface area (Å²) in [5.74, 6) is -0.345. The molecule has 0 aromatic heterocycles. The zero-order valence-electron chi connectivity index (χ0n) is 15.7. The van der Waals surface area contributed by atoms with Crippen molar-refractivity contribution in [2.45, 2.75) is 46.7 Å². The highest BCUT2D eigenvalue weighted by Crippen LogP contribution is 2.14. The van der Waals surface area contributed by atoms with E-state index in [0.717, 1.165) is 44.8 Å². The molecule has 1 rings (SSSR count). The summed E-state index contributed by atoms with van der Waals surface area (Å²) in [7, 11) is 0. The van der Waals surface area contributed by atoms with E-state index in [1.807, 2.05) is 19.1 Å². The summed E-state index contributed by atoms with van der Waals surface area (Å²) < 4.78 is 37.1. The lowest BCUT2D eigenvalue weighted by Crippen LogP contribution is -2.25. The fourth-order valence-corrected chi connectivity index (χ4v) is 1.59. The van der Waals surface area contributed by atoms with E-state index < -0.39 is 18.8 Å². The Morgan fingerprint density at radius 2 is 2.08 bits per heavy atom. The van der Waals surface area contributed by atoms with Crippen molar-refractivity contribution in [1.82, 2.24) is 4.90 Å². The molecule has 0 aromatic rings. The molecule has 1 aliphatic rings. The predicted molar refractivity (Wildman–Crippen MR) is 92.9 cm³/mol. The largest absolute Gasteiger partial charge is 0.456 e. The van der Waals surface area contributed by atoms with Crippen molar-refractivity contribution in [3.63, 3.8) is 0 Å². The number of ether oxygens (including phenoxy) is 1. The Morgan fingerprint density at radius 3 is 2.27 bits per heavy atom. The molecule has 0 heterocycles. The van der Waals surface area contributed by atoms with Crippen molar-refractivity contribution in [2.75, 3.05) is 19.7 Å². The van der Waals surface area contributed by atoms with Gasteiger partial charge < -0.3 is 9.64 Å². The van der Waals surface area contributed by atoms with Crippen LogP contribution in [0.1, 0.15) is 40.5 Å². The summed E-state index contributed by atoms with van der Waals surface area (Å²) in [5, 5.41) is 8.34. The normalized spacial score (nSPS) is 12.5. The molecule has 0 atom stereocenters. The second kappa shape index (κ2) is 15.0. The molecule has 0 aromatic carbocycles. The minimum Gasteiger partial charge on any atom is -0.456 e. The number of nitriles is 1. The van der Waals surface area contributed by atoms with Crippen molar-refractivity contribution >= 4 is 12.4 Å². The molecule has 0 N–H and O–H groups in total. The Bertz CT molecular complexity index is 507. The molecule has 26 heavy (non-hydrogen) atoms. The van der Waals surface area contributed by atoms with E-state index in [-0.39, 0.29) is 0 Å². The van der Waals surface area contributed by atoms with Crippen LogP contribution < -0.4 is 0 Å². The summed E-state index contributed by atoms with van der Waals surface area (Å²) in [4.78, 5) is 21.7. The van der Waals surface area contributed by atoms with Gasteiger partial charge in [0, 0.05) is 25.6 Å². The molecule has 1 amide bonds. The summed E-state index contributed by atoms with van der Waals surface area (Å²) in [5.41, 5.74) is 0.896. The first-order valence-electron chi connectivity index (χ1n) is 8.20. The molecule has 0 unspecified atom stereocenters. The molecule has 0 saturated heterocycles. The molecule has 0 bridgehead atoms. The zero-order chi connectivity index (χ0) is 20.6. The van der Waals surface area contributed by atoms with Crippen molar-refractivity contribution in [3.8, 4) is 6.07 Å². The summed E-state index contributed by atoms with van der Waals surface area (Å²) >= 11 is 0. The van der Waals surface area contributed by atoms with Crippen LogP contribution in [0.25, 0.3) is 0 Å². The Labute approximate surface area is 153 Å². The number of alkyl halides is 3. The first kappa shape index (κ1) is 25.9. The monoisotopic (exact) mass is 376 g/mol. The maximum atomic E-state index is 11.1. The van der Waals surface area contributed by atoms with Crippen LogP contribution >= 0.6 is 0 Å². The maximum absolute atomic E-state index is 11.1. The molecule has 0 fully saturated rings. The Morgan fingerprint density at radius 1 is 1.46 bits per heavy atom. The minimum atomic E-state index is -4.41. The van der Waals surface area contributed by atoms with Gasteiger partial charge in [0.15, 0.2) is 6.61 Å². The van der Waals surface area contributed by atoms with Gasteiger partial charge in [-0.15, -0.1) is 0 Å². The molecule has 0 saturated carbocycles. The zero-order valence-corrected chi connectivity index (χ0v) is 15.7. The van der Waals surface area contributed by atoms with Crippen molar-refractivity contribution < 1.29 is 27.5 Å². The number of carbonyl (C=O) groups excluding carboxylic acids is 2. The van der Waals surface area contributed by atoms with Gasteiger partial charge in [-0.1, -0.05) is 26.0 Å². The third-order valence-corrected chi connectivity index (χ3v) is 2.75. The molecule has 0 aliphatic heterocycles. The average molecular weight is 376 g/mol. The predicted octanol–water partition coefficient (Wildman–Crippen LogP) is 4.02. The first-order valence-corrected chi connectivity index (χ1v) is 8.20. The van der Waals surface area contributed by atoms with Crippen LogP contribution in [0.2, 0.25) is 0 Å². The molecular weight excluding hydrogens is 349 g/mol. The summed E-state index contributed by atoms with van der Waals surface area (Å²) in [6.45, 7) is 7.31. The number of carbonyl (C=O) groups is 2. The van der Waals surface area contributed by atoms with Gasteiger partial charge in [0.25, 0.3) is 0 Å². The van der Waals surface area contributed by atoms with Crippen molar-refractivity contribution in [1.29, 1.82) is 5.26 Å². The highest BCUT2D eigenvalue weighted by Gasteiger charge is 2.28. The lowest BCUT2D eigenvalue weighted by atomic mass is 10.1. The van der Waals surface area contributed by atoms with Crippen LogP contribution in [-0.4, -0.2) is 43.2 Å². The van der Waals surface area contributed by atoms with Crippen LogP contribution in [-0.2, 0) is 14.3 Å². The SMILES string of the molecule is CC(=O)OCC(F)(F)F.CCN(C=O)CC(C)C.N#CC1=CC=CCC1. The molecular formula is C18H27F3N2O3. The van der Waals surface area contributed by atoms with Crippen molar-refractivity contribution in [3.05, 3.63) is 23.8 Å². The number of allylic oxidation sites excluding steroid dienone is 4. The van der Waals surface area contributed by atoms with Gasteiger partial charge in [-0.3, -0.25) is 9.59 Å². The summed E-state index contributed by atoms with van der Waals surface area (Å²) in [6.07, 6.45) is 4.31. The number of esters is 1. The number of rotatable bonds is 5. The Hall–Kier alpha value is -2.30. The van der Waals surface area contributed by atoms with E-state index in [9.17, 15) is 22.8 Å². The van der Waals surface area contributed by atoms with Gasteiger partial charge in [-0.25, -0.2) is 0 Å². The third-order valence-electron chi connectivity index (χ3n) is 2.75. The second-order valence-corrected chi connectivity index (χ2v) is 5.75. The Kier molecular flexibility index (Phi) is 15.0. The number of hydrogen-bond donors (Lipinski definition) is 0. The second-order valence-electron chi connectivity index (χ2n) is 5.75. The fraction of sp³-hybridized carbons (Fsp3) is 0.611. The van der Waals surface area contributed by atoms with Crippen LogP contribution in [0.3, 0.4) is 0 Å². The summed E-state index contributed by atoms with van der Waals surface area (Å²) in [6, 6.07) is 2.11. The van der Waals surface area contributed by atoms with E-state index in [4.69, 9.17) is 5.26 Å². The number of hydrogen-bond acceptors (Lipinski definition) is 4. The van der Waals surface area contributed by atoms with Gasteiger partial charge in [0.1, 0.15) is 0 Å². The number of nitrogens with zero attached hydrogens (tertiary/aromatic N) is 2. The van der Waals surface area contributed by atoms with Crippen LogP contribution in [0.5, 0.6) is 0 Å². The maximum Gasteiger partial charge on any atom is 0.422 e. The third kappa shape index (κ3) is 19.7. The van der Waals surface area contributed by atoms with E-state index >= 15 is 0 Å². The molecule has 0 spiro atoms. The van der Waals surface area contributed by atoms with Crippen LogP contribution in [0.4, 0.5) is 13.2 Å². The van der Waals surface area contributed by atoms with Gasteiger partial charge in [-0.2, -0.15) is 18.4 Å². The smallest absolute Gasteiger partial charge is 0.422 e. The average Bonchev–Trinajstić information content (AvgIpc) is 2.59. The van der Waals surface area contributed by atoms with Crippen molar-refractivity contribution in [2.24, 2.45) is 5.92 Å². The minimum absolute atomic E-state index is 0.579. The van der Waals surface area contributed by atoms with E-state index in [2.05, 4.69) is 30.7 Å². The van der Waals surface area contributed by atoms with Gasteiger partial charge in [-0.05, 0) is 31.8 Å². The highest BCUT2D eigenvalue weighted by atomic mass is 19.4. The van der Waals surface area contributed by atoms with Crippen LogP contribution in [0, 0.1) is 17.2 Å². The lowest BCUT2D eigenvalue weighted by molar-refractivity contribution is -0.184. The Balaban J connectivity index is 0. The lowest BCUT2D eigenvalue weighted by Gasteiger charge is -2.16. The van der Waals surface area contributed by atoms with E-state index in [1.54, 1.807) is 4.90 Å². The number of halogens is 3. The molecule has 0 radical (unpaired) electrons. The van der Waals surface area contributed by atoms with Crippen LogP contribution in [0.15, 0.2) is 23.8 Å². The first-order chi connectivity index (χ1) is 12.1. The molecule has 5 nitrogen and oxygen atoms in total. The van der Waals surface area contributed by atoms with Gasteiger partial charge in [0.2, 0.25) is 6.41 Å².